The fourth-order valence-corrected chi connectivity index (χ4v) is 4.89. The summed E-state index contributed by atoms with van der Waals surface area (Å²) in [6.45, 7) is 12.5. The van der Waals surface area contributed by atoms with E-state index in [4.69, 9.17) is 0 Å². The van der Waals surface area contributed by atoms with Gasteiger partial charge in [0, 0.05) is 0 Å². The van der Waals surface area contributed by atoms with Gasteiger partial charge < -0.3 is 0 Å². The van der Waals surface area contributed by atoms with Crippen LogP contribution in [0.25, 0.3) is 0 Å². The van der Waals surface area contributed by atoms with E-state index in [9.17, 15) is 0 Å². The lowest BCUT2D eigenvalue weighted by atomic mass is 9.55. The predicted octanol–water partition coefficient (Wildman–Crippen LogP) is 5.13. The molecule has 0 aromatic rings. The number of hydrogen-bond donors (Lipinski definition) is 0. The summed E-state index contributed by atoms with van der Waals surface area (Å²) >= 11 is 0. The van der Waals surface area contributed by atoms with Gasteiger partial charge in [-0.15, -0.1) is 0 Å². The molecule has 6 unspecified atom stereocenters. The maximum absolute atomic E-state index is 2.55. The van der Waals surface area contributed by atoms with Gasteiger partial charge in [0.05, 0.1) is 0 Å². The Morgan fingerprint density at radius 2 is 1.62 bits per heavy atom. The van der Waals surface area contributed by atoms with Crippen LogP contribution in [0.1, 0.15) is 66.7 Å². The molecule has 2 rings (SSSR count). The van der Waals surface area contributed by atoms with Crippen LogP contribution in [-0.2, 0) is 0 Å². The Kier molecular flexibility index (Phi) is 3.39. The van der Waals surface area contributed by atoms with Crippen LogP contribution in [0.15, 0.2) is 0 Å². The van der Waals surface area contributed by atoms with Crippen LogP contribution in [0, 0.1) is 35.0 Å². The molecular formula is C16H30. The molecule has 2 aliphatic rings. The molecule has 0 aromatic heterocycles. The van der Waals surface area contributed by atoms with Crippen molar-refractivity contribution in [3.05, 3.63) is 0 Å². The van der Waals surface area contributed by atoms with Crippen LogP contribution < -0.4 is 0 Å². The van der Waals surface area contributed by atoms with Gasteiger partial charge in [0.1, 0.15) is 0 Å². The summed E-state index contributed by atoms with van der Waals surface area (Å²) in [6.07, 6.45) is 7.41. The lowest BCUT2D eigenvalue weighted by molar-refractivity contribution is -0.00964. The number of rotatable bonds is 1. The van der Waals surface area contributed by atoms with Crippen LogP contribution in [-0.4, -0.2) is 0 Å². The van der Waals surface area contributed by atoms with Crippen LogP contribution in [0.3, 0.4) is 0 Å². The van der Waals surface area contributed by atoms with Crippen LogP contribution in [0.2, 0.25) is 0 Å². The summed E-state index contributed by atoms with van der Waals surface area (Å²) in [4.78, 5) is 0. The SMILES string of the molecule is CCC1CC(C)C(C)C2(CCC(C)C2C)C1. The summed E-state index contributed by atoms with van der Waals surface area (Å²) in [7, 11) is 0. The molecule has 2 fully saturated rings. The standard InChI is InChI=1S/C16H30/c1-6-15-9-12(3)14(5)16(10-15)8-7-11(2)13(16)4/h11-15H,6-10H2,1-5H3. The molecular weight excluding hydrogens is 192 g/mol. The minimum atomic E-state index is 0.706. The van der Waals surface area contributed by atoms with Crippen molar-refractivity contribution in [1.29, 1.82) is 0 Å². The van der Waals surface area contributed by atoms with Crippen molar-refractivity contribution in [3.8, 4) is 0 Å². The highest BCUT2D eigenvalue weighted by Gasteiger charge is 2.51. The molecule has 16 heavy (non-hydrogen) atoms. The van der Waals surface area contributed by atoms with E-state index in [0.29, 0.717) is 5.41 Å². The maximum atomic E-state index is 2.55. The molecule has 0 N–H and O–H groups in total. The van der Waals surface area contributed by atoms with Gasteiger partial charge in [-0.2, -0.15) is 0 Å². The average molecular weight is 222 g/mol. The Balaban J connectivity index is 2.23. The van der Waals surface area contributed by atoms with Crippen LogP contribution in [0.5, 0.6) is 0 Å². The topological polar surface area (TPSA) is 0 Å². The van der Waals surface area contributed by atoms with E-state index < -0.39 is 0 Å². The van der Waals surface area contributed by atoms with Crippen LogP contribution >= 0.6 is 0 Å². The highest BCUT2D eigenvalue weighted by Crippen LogP contribution is 2.60. The van der Waals surface area contributed by atoms with Crippen molar-refractivity contribution >= 4 is 0 Å². The molecule has 0 aliphatic heterocycles. The smallest absolute Gasteiger partial charge is 0.0238 e. The Hall–Kier alpha value is 0. The summed E-state index contributed by atoms with van der Waals surface area (Å²) in [5, 5.41) is 0. The second kappa shape index (κ2) is 4.35. The Morgan fingerprint density at radius 3 is 2.12 bits per heavy atom. The largest absolute Gasteiger partial charge is 0.0651 e. The molecule has 0 saturated heterocycles. The van der Waals surface area contributed by atoms with Gasteiger partial charge in [0.15, 0.2) is 0 Å². The zero-order chi connectivity index (χ0) is 11.9. The molecule has 0 radical (unpaired) electrons. The van der Waals surface area contributed by atoms with E-state index in [2.05, 4.69) is 34.6 Å². The highest BCUT2D eigenvalue weighted by molar-refractivity contribution is 5.01. The zero-order valence-corrected chi connectivity index (χ0v) is 11.9. The second-order valence-electron chi connectivity index (χ2n) is 7.02. The van der Waals surface area contributed by atoms with E-state index in [1.54, 1.807) is 0 Å². The number of hydrogen-bond acceptors (Lipinski definition) is 0. The van der Waals surface area contributed by atoms with Crippen molar-refractivity contribution < 1.29 is 0 Å². The zero-order valence-electron chi connectivity index (χ0n) is 11.9. The van der Waals surface area contributed by atoms with Crippen molar-refractivity contribution in [2.45, 2.75) is 66.7 Å². The van der Waals surface area contributed by atoms with Crippen molar-refractivity contribution in [3.63, 3.8) is 0 Å². The molecule has 0 amide bonds. The normalized spacial score (nSPS) is 53.4. The quantitative estimate of drug-likeness (QED) is 0.577. The Bertz CT molecular complexity index is 244. The molecule has 0 nitrogen and oxygen atoms in total. The first kappa shape index (κ1) is 12.5. The monoisotopic (exact) mass is 222 g/mol. The lowest BCUT2D eigenvalue weighted by Gasteiger charge is -2.50. The first-order valence-electron chi connectivity index (χ1n) is 7.51. The van der Waals surface area contributed by atoms with Crippen molar-refractivity contribution in [1.82, 2.24) is 0 Å². The van der Waals surface area contributed by atoms with Gasteiger partial charge in [-0.25, -0.2) is 0 Å². The minimum absolute atomic E-state index is 0.706. The summed E-state index contributed by atoms with van der Waals surface area (Å²) in [5.74, 6) is 4.84. The fourth-order valence-electron chi connectivity index (χ4n) is 4.89. The van der Waals surface area contributed by atoms with Gasteiger partial charge in [-0.1, -0.05) is 41.0 Å². The first-order chi connectivity index (χ1) is 7.51. The molecule has 0 heterocycles. The van der Waals surface area contributed by atoms with Gasteiger partial charge in [-0.05, 0) is 60.7 Å². The fraction of sp³-hybridized carbons (Fsp3) is 1.00. The first-order valence-corrected chi connectivity index (χ1v) is 7.51. The lowest BCUT2D eigenvalue weighted by Crippen LogP contribution is -2.42. The van der Waals surface area contributed by atoms with Crippen molar-refractivity contribution in [2.24, 2.45) is 35.0 Å². The third kappa shape index (κ3) is 1.73. The van der Waals surface area contributed by atoms with Gasteiger partial charge in [-0.3, -0.25) is 0 Å². The second-order valence-corrected chi connectivity index (χ2v) is 7.02. The van der Waals surface area contributed by atoms with Gasteiger partial charge in [0.2, 0.25) is 0 Å². The molecule has 6 atom stereocenters. The van der Waals surface area contributed by atoms with Crippen LogP contribution in [0.4, 0.5) is 0 Å². The minimum Gasteiger partial charge on any atom is -0.0651 e. The molecule has 0 heteroatoms. The molecule has 94 valence electrons. The van der Waals surface area contributed by atoms with E-state index in [1.807, 2.05) is 0 Å². The summed E-state index contributed by atoms with van der Waals surface area (Å²) in [5.41, 5.74) is 0.706. The summed E-state index contributed by atoms with van der Waals surface area (Å²) < 4.78 is 0. The van der Waals surface area contributed by atoms with E-state index in [1.165, 1.54) is 32.1 Å². The maximum Gasteiger partial charge on any atom is -0.0238 e. The van der Waals surface area contributed by atoms with E-state index in [0.717, 1.165) is 29.6 Å². The van der Waals surface area contributed by atoms with Gasteiger partial charge >= 0.3 is 0 Å². The highest BCUT2D eigenvalue weighted by atomic mass is 14.6. The molecule has 1 spiro atoms. The summed E-state index contributed by atoms with van der Waals surface area (Å²) in [6, 6.07) is 0. The van der Waals surface area contributed by atoms with E-state index in [-0.39, 0.29) is 0 Å². The molecule has 2 saturated carbocycles. The molecule has 0 aromatic carbocycles. The third-order valence-electron chi connectivity index (χ3n) is 6.54. The molecule has 2 aliphatic carbocycles. The predicted molar refractivity (Wildman–Crippen MR) is 71.3 cm³/mol. The Labute approximate surface area is 102 Å². The van der Waals surface area contributed by atoms with Gasteiger partial charge in [0.25, 0.3) is 0 Å². The Morgan fingerprint density at radius 1 is 1.00 bits per heavy atom. The molecule has 0 bridgehead atoms. The third-order valence-corrected chi connectivity index (χ3v) is 6.54. The average Bonchev–Trinajstić information content (AvgIpc) is 2.55. The van der Waals surface area contributed by atoms with Crippen molar-refractivity contribution in [2.75, 3.05) is 0 Å². The van der Waals surface area contributed by atoms with E-state index >= 15 is 0 Å².